The topological polar surface area (TPSA) is 75.7 Å². The van der Waals surface area contributed by atoms with Crippen LogP contribution in [0.4, 0.5) is 0 Å². The van der Waals surface area contributed by atoms with Crippen molar-refractivity contribution in [2.45, 2.75) is 25.2 Å². The highest BCUT2D eigenvalue weighted by atomic mass is 35.5. The molecule has 0 atom stereocenters. The molecule has 136 valence electrons. The van der Waals surface area contributed by atoms with E-state index >= 15 is 0 Å². The Balaban J connectivity index is 2.39. The fourth-order valence-corrected chi connectivity index (χ4v) is 3.10. The number of benzene rings is 1. The number of hydrogen-bond acceptors (Lipinski definition) is 4. The Kier molecular flexibility index (Phi) is 8.69. The lowest BCUT2D eigenvalue weighted by Gasteiger charge is -2.17. The first kappa shape index (κ1) is 20.9. The maximum atomic E-state index is 12.3. The molecule has 0 aromatic heterocycles. The molecule has 1 aromatic rings. The van der Waals surface area contributed by atoms with Gasteiger partial charge in [0.05, 0.1) is 11.4 Å². The van der Waals surface area contributed by atoms with Crippen LogP contribution in [0.2, 0.25) is 5.02 Å². The molecular weight excluding hydrogens is 352 g/mol. The maximum Gasteiger partial charge on any atom is 0.243 e. The van der Waals surface area contributed by atoms with Crippen LogP contribution in [0.3, 0.4) is 0 Å². The molecule has 0 heterocycles. The highest BCUT2D eigenvalue weighted by Gasteiger charge is 2.22. The van der Waals surface area contributed by atoms with Crippen molar-refractivity contribution in [3.8, 4) is 0 Å². The molecule has 0 unspecified atom stereocenters. The molecule has 1 rings (SSSR count). The van der Waals surface area contributed by atoms with E-state index < -0.39 is 10.0 Å². The lowest BCUT2D eigenvalue weighted by Crippen LogP contribution is -2.38. The predicted molar refractivity (Wildman–Crippen MR) is 94.6 cm³/mol. The van der Waals surface area contributed by atoms with Gasteiger partial charge in [-0.25, -0.2) is 8.42 Å². The Hall–Kier alpha value is -1.15. The summed E-state index contributed by atoms with van der Waals surface area (Å²) >= 11 is 5.75. The summed E-state index contributed by atoms with van der Waals surface area (Å²) in [4.78, 5) is 11.9. The molecule has 1 N–H and O–H groups in total. The minimum absolute atomic E-state index is 0.101. The summed E-state index contributed by atoms with van der Waals surface area (Å²) in [5.74, 6) is 0.130. The van der Waals surface area contributed by atoms with E-state index in [2.05, 4.69) is 19.2 Å². The van der Waals surface area contributed by atoms with Gasteiger partial charge < -0.3 is 10.1 Å². The Morgan fingerprint density at radius 3 is 2.50 bits per heavy atom. The molecule has 0 aliphatic heterocycles. The first-order chi connectivity index (χ1) is 11.2. The molecule has 0 radical (unpaired) electrons. The van der Waals surface area contributed by atoms with Crippen molar-refractivity contribution in [3.05, 3.63) is 29.3 Å². The lowest BCUT2D eigenvalue weighted by atomic mass is 10.2. The van der Waals surface area contributed by atoms with Crippen molar-refractivity contribution in [1.82, 2.24) is 9.62 Å². The van der Waals surface area contributed by atoms with Crippen LogP contribution in [-0.2, 0) is 19.6 Å². The number of nitrogens with one attached hydrogen (secondary N) is 1. The summed E-state index contributed by atoms with van der Waals surface area (Å²) in [6.45, 7) is 5.61. The van der Waals surface area contributed by atoms with Gasteiger partial charge in [-0.3, -0.25) is 4.79 Å². The standard InChI is InChI=1S/C16H25ClN2O4S/c1-13(2)12-23-10-4-9-18-16(20)11-19(3)24(21,22)15-7-5-14(17)6-8-15/h5-8,13H,4,9-12H2,1-3H3,(H,18,20). The SMILES string of the molecule is CC(C)COCCCNC(=O)CN(C)S(=O)(=O)c1ccc(Cl)cc1. The van der Waals surface area contributed by atoms with Crippen molar-refractivity contribution in [1.29, 1.82) is 0 Å². The highest BCUT2D eigenvalue weighted by Crippen LogP contribution is 2.17. The van der Waals surface area contributed by atoms with Crippen molar-refractivity contribution < 1.29 is 17.9 Å². The molecule has 0 fully saturated rings. The van der Waals surface area contributed by atoms with Gasteiger partial charge in [0.1, 0.15) is 0 Å². The van der Waals surface area contributed by atoms with Crippen molar-refractivity contribution in [3.63, 3.8) is 0 Å². The second kappa shape index (κ2) is 9.98. The van der Waals surface area contributed by atoms with E-state index in [1.807, 2.05) is 0 Å². The third-order valence-electron chi connectivity index (χ3n) is 3.13. The summed E-state index contributed by atoms with van der Waals surface area (Å²) in [6, 6.07) is 5.83. The Bertz CT molecular complexity index is 617. The highest BCUT2D eigenvalue weighted by molar-refractivity contribution is 7.89. The molecule has 8 heteroatoms. The van der Waals surface area contributed by atoms with Gasteiger partial charge in [0.2, 0.25) is 15.9 Å². The first-order valence-electron chi connectivity index (χ1n) is 7.80. The van der Waals surface area contributed by atoms with E-state index in [0.717, 1.165) is 4.31 Å². The minimum Gasteiger partial charge on any atom is -0.381 e. The third-order valence-corrected chi connectivity index (χ3v) is 5.20. The molecule has 0 aliphatic rings. The van der Waals surface area contributed by atoms with E-state index in [1.54, 1.807) is 0 Å². The summed E-state index contributed by atoms with van der Waals surface area (Å²) in [5, 5.41) is 3.14. The molecule has 1 aromatic carbocycles. The fourth-order valence-electron chi connectivity index (χ4n) is 1.85. The summed E-state index contributed by atoms with van der Waals surface area (Å²) < 4.78 is 31.1. The molecule has 0 spiro atoms. The van der Waals surface area contributed by atoms with Crippen molar-refractivity contribution in [2.75, 3.05) is 33.4 Å². The predicted octanol–water partition coefficient (Wildman–Crippen LogP) is 2.14. The Morgan fingerprint density at radius 2 is 1.92 bits per heavy atom. The van der Waals surface area contributed by atoms with Crippen LogP contribution < -0.4 is 5.32 Å². The van der Waals surface area contributed by atoms with Crippen LogP contribution >= 0.6 is 11.6 Å². The Labute approximate surface area is 149 Å². The number of amides is 1. The number of halogens is 1. The quantitative estimate of drug-likeness (QED) is 0.635. The van der Waals surface area contributed by atoms with Crippen molar-refractivity contribution in [2.24, 2.45) is 5.92 Å². The summed E-state index contributed by atoms with van der Waals surface area (Å²) in [6.07, 6.45) is 0.687. The zero-order chi connectivity index (χ0) is 18.2. The minimum atomic E-state index is -3.71. The Morgan fingerprint density at radius 1 is 1.29 bits per heavy atom. The van der Waals surface area contributed by atoms with Crippen LogP contribution in [0.5, 0.6) is 0 Å². The molecule has 0 saturated heterocycles. The van der Waals surface area contributed by atoms with Gasteiger partial charge in [-0.2, -0.15) is 4.31 Å². The molecule has 1 amide bonds. The van der Waals surface area contributed by atoms with Gasteiger partial charge in [0.15, 0.2) is 0 Å². The van der Waals surface area contributed by atoms with Gasteiger partial charge >= 0.3 is 0 Å². The summed E-state index contributed by atoms with van der Waals surface area (Å²) in [7, 11) is -2.34. The number of ether oxygens (including phenoxy) is 1. The number of nitrogens with zero attached hydrogens (tertiary/aromatic N) is 1. The third kappa shape index (κ3) is 7.17. The van der Waals surface area contributed by atoms with Crippen molar-refractivity contribution >= 4 is 27.5 Å². The van der Waals surface area contributed by atoms with Crippen LogP contribution in [-0.4, -0.2) is 52.0 Å². The van der Waals surface area contributed by atoms with Crippen LogP contribution in [0, 0.1) is 5.92 Å². The molecular formula is C16H25ClN2O4S. The van der Waals surface area contributed by atoms with Gasteiger partial charge in [-0.1, -0.05) is 25.4 Å². The molecule has 0 saturated carbocycles. The second-order valence-corrected chi connectivity index (χ2v) is 8.37. The summed E-state index contributed by atoms with van der Waals surface area (Å²) in [5.41, 5.74) is 0. The number of likely N-dealkylation sites (N-methyl/N-ethyl adjacent to an activating group) is 1. The fraction of sp³-hybridized carbons (Fsp3) is 0.562. The van der Waals surface area contributed by atoms with Gasteiger partial charge in [0, 0.05) is 31.8 Å². The average Bonchev–Trinajstić information content (AvgIpc) is 2.50. The average molecular weight is 377 g/mol. The van der Waals surface area contributed by atoms with E-state index in [9.17, 15) is 13.2 Å². The molecule has 0 bridgehead atoms. The molecule has 0 aliphatic carbocycles. The lowest BCUT2D eigenvalue weighted by molar-refractivity contribution is -0.121. The maximum absolute atomic E-state index is 12.3. The van der Waals surface area contributed by atoms with E-state index in [4.69, 9.17) is 16.3 Å². The van der Waals surface area contributed by atoms with Crippen LogP contribution in [0.1, 0.15) is 20.3 Å². The van der Waals surface area contributed by atoms with E-state index in [1.165, 1.54) is 31.3 Å². The zero-order valence-corrected chi connectivity index (χ0v) is 15.9. The van der Waals surface area contributed by atoms with Gasteiger partial charge in [-0.15, -0.1) is 0 Å². The number of hydrogen-bond donors (Lipinski definition) is 1. The number of carbonyl (C=O) groups excluding carboxylic acids is 1. The number of sulfonamides is 1. The zero-order valence-electron chi connectivity index (χ0n) is 14.3. The number of rotatable bonds is 10. The molecule has 24 heavy (non-hydrogen) atoms. The van der Waals surface area contributed by atoms with Crippen LogP contribution in [0.15, 0.2) is 29.2 Å². The first-order valence-corrected chi connectivity index (χ1v) is 9.61. The largest absolute Gasteiger partial charge is 0.381 e. The van der Waals surface area contributed by atoms with E-state index in [-0.39, 0.29) is 17.3 Å². The smallest absolute Gasteiger partial charge is 0.243 e. The normalized spacial score (nSPS) is 11.9. The van der Waals surface area contributed by atoms with Crippen LogP contribution in [0.25, 0.3) is 0 Å². The second-order valence-electron chi connectivity index (χ2n) is 5.89. The van der Waals surface area contributed by atoms with Gasteiger partial charge in [-0.05, 0) is 36.6 Å². The number of carbonyl (C=O) groups is 1. The van der Waals surface area contributed by atoms with E-state index in [0.29, 0.717) is 37.1 Å². The monoisotopic (exact) mass is 376 g/mol. The molecule has 6 nitrogen and oxygen atoms in total. The van der Waals surface area contributed by atoms with Gasteiger partial charge in [0.25, 0.3) is 0 Å².